The van der Waals surface area contributed by atoms with Gasteiger partial charge in [-0.1, -0.05) is 6.08 Å². The summed E-state index contributed by atoms with van der Waals surface area (Å²) in [6.45, 7) is 3.79. The molecule has 0 spiro atoms. The van der Waals surface area contributed by atoms with Crippen molar-refractivity contribution in [3.05, 3.63) is 23.0 Å². The second kappa shape index (κ2) is 6.77. The van der Waals surface area contributed by atoms with Crippen molar-refractivity contribution in [3.8, 4) is 0 Å². The van der Waals surface area contributed by atoms with Crippen LogP contribution in [0.1, 0.15) is 0 Å². The van der Waals surface area contributed by atoms with Crippen LogP contribution in [0.25, 0.3) is 0 Å². The van der Waals surface area contributed by atoms with Crippen LogP contribution in [0.5, 0.6) is 0 Å². The maximum Gasteiger partial charge on any atom is 0.281 e. The first-order chi connectivity index (χ1) is 10.5. The summed E-state index contributed by atoms with van der Waals surface area (Å²) in [4.78, 5) is 20.2. The summed E-state index contributed by atoms with van der Waals surface area (Å²) >= 11 is 0. The fraction of sp³-hybridized carbons (Fsp3) is 0.538. The smallest absolute Gasteiger partial charge is 0.281 e. The van der Waals surface area contributed by atoms with E-state index >= 15 is 0 Å². The van der Waals surface area contributed by atoms with Crippen LogP contribution >= 0.6 is 0 Å². The molecule has 0 unspecified atom stereocenters. The SMILES string of the molecule is C=CCn1c(N)nc2c(c1=O)N(C)CN2COC(CO)CO. The average molecular weight is 311 g/mol. The van der Waals surface area contributed by atoms with Crippen LogP contribution in [0.4, 0.5) is 17.5 Å². The van der Waals surface area contributed by atoms with E-state index in [1.54, 1.807) is 22.9 Å². The molecule has 0 bridgehead atoms. The summed E-state index contributed by atoms with van der Waals surface area (Å²) in [5.74, 6) is 0.532. The zero-order valence-electron chi connectivity index (χ0n) is 12.5. The van der Waals surface area contributed by atoms with E-state index in [1.165, 1.54) is 4.57 Å². The molecule has 9 nitrogen and oxygen atoms in total. The van der Waals surface area contributed by atoms with Gasteiger partial charge in [0.2, 0.25) is 5.95 Å². The number of ether oxygens (including phenoxy) is 1. The number of aliphatic hydroxyl groups excluding tert-OH is 2. The monoisotopic (exact) mass is 311 g/mol. The highest BCUT2D eigenvalue weighted by Gasteiger charge is 2.30. The fourth-order valence-electron chi connectivity index (χ4n) is 2.26. The maximum absolute atomic E-state index is 12.5. The highest BCUT2D eigenvalue weighted by molar-refractivity contribution is 5.72. The molecule has 22 heavy (non-hydrogen) atoms. The van der Waals surface area contributed by atoms with E-state index in [-0.39, 0.29) is 38.0 Å². The molecule has 0 aromatic carbocycles. The molecule has 1 aromatic rings. The van der Waals surface area contributed by atoms with E-state index in [0.717, 1.165) is 0 Å². The molecule has 1 aliphatic rings. The van der Waals surface area contributed by atoms with Crippen molar-refractivity contribution >= 4 is 17.5 Å². The minimum absolute atomic E-state index is 0.0838. The van der Waals surface area contributed by atoms with Crippen molar-refractivity contribution in [2.24, 2.45) is 0 Å². The van der Waals surface area contributed by atoms with Gasteiger partial charge in [-0.2, -0.15) is 4.98 Å². The van der Waals surface area contributed by atoms with Crippen molar-refractivity contribution in [2.75, 3.05) is 49.2 Å². The minimum atomic E-state index is -0.673. The van der Waals surface area contributed by atoms with Gasteiger partial charge in [0.05, 0.1) is 19.9 Å². The Labute approximate surface area is 127 Å². The molecular formula is C13H21N5O4. The first-order valence-corrected chi connectivity index (χ1v) is 6.84. The highest BCUT2D eigenvalue weighted by atomic mass is 16.5. The molecule has 0 amide bonds. The predicted molar refractivity (Wildman–Crippen MR) is 82.8 cm³/mol. The van der Waals surface area contributed by atoms with Crippen LogP contribution in [-0.4, -0.2) is 59.5 Å². The molecule has 2 rings (SSSR count). The summed E-state index contributed by atoms with van der Waals surface area (Å²) < 4.78 is 6.72. The first-order valence-electron chi connectivity index (χ1n) is 6.84. The summed E-state index contributed by atoms with van der Waals surface area (Å²) in [5, 5.41) is 18.0. The van der Waals surface area contributed by atoms with Gasteiger partial charge in [-0.15, -0.1) is 6.58 Å². The Morgan fingerprint density at radius 1 is 1.50 bits per heavy atom. The molecule has 1 aromatic heterocycles. The lowest BCUT2D eigenvalue weighted by Crippen LogP contribution is -2.34. The van der Waals surface area contributed by atoms with Crippen LogP contribution in [-0.2, 0) is 11.3 Å². The van der Waals surface area contributed by atoms with E-state index in [2.05, 4.69) is 11.6 Å². The summed E-state index contributed by atoms with van der Waals surface area (Å²) in [7, 11) is 1.77. The van der Waals surface area contributed by atoms with E-state index in [4.69, 9.17) is 20.7 Å². The summed E-state index contributed by atoms with van der Waals surface area (Å²) in [5.41, 5.74) is 6.03. The average Bonchev–Trinajstić information content (AvgIpc) is 2.80. The molecule has 0 atom stereocenters. The summed E-state index contributed by atoms with van der Waals surface area (Å²) in [6, 6.07) is 0. The number of nitrogen functional groups attached to an aromatic ring is 1. The largest absolute Gasteiger partial charge is 0.394 e. The Kier molecular flexibility index (Phi) is 5.01. The number of aliphatic hydroxyl groups is 2. The third-order valence-electron chi connectivity index (χ3n) is 3.41. The Hall–Kier alpha value is -2.10. The zero-order valence-corrected chi connectivity index (χ0v) is 12.5. The van der Waals surface area contributed by atoms with Crippen molar-refractivity contribution in [3.63, 3.8) is 0 Å². The molecule has 0 radical (unpaired) electrons. The second-order valence-corrected chi connectivity index (χ2v) is 5.01. The molecule has 122 valence electrons. The molecule has 0 saturated carbocycles. The Morgan fingerprint density at radius 3 is 2.77 bits per heavy atom. The molecule has 4 N–H and O–H groups in total. The van der Waals surface area contributed by atoms with Gasteiger partial charge in [0.25, 0.3) is 5.56 Å². The number of rotatable bonds is 7. The molecule has 0 fully saturated rings. The maximum atomic E-state index is 12.5. The van der Waals surface area contributed by atoms with E-state index in [9.17, 15) is 4.79 Å². The number of fused-ring (bicyclic) bond motifs is 1. The molecule has 1 aliphatic heterocycles. The van der Waals surface area contributed by atoms with Gasteiger partial charge in [0, 0.05) is 13.6 Å². The van der Waals surface area contributed by atoms with Crippen LogP contribution in [0.2, 0.25) is 0 Å². The number of aromatic nitrogens is 2. The Bertz CT molecular complexity index is 599. The normalized spacial score (nSPS) is 13.8. The lowest BCUT2D eigenvalue weighted by atomic mass is 10.4. The predicted octanol–water partition coefficient (Wildman–Crippen LogP) is -1.45. The Balaban J connectivity index is 2.29. The van der Waals surface area contributed by atoms with Crippen LogP contribution in [0.15, 0.2) is 17.4 Å². The lowest BCUT2D eigenvalue weighted by Gasteiger charge is -2.21. The molecule has 9 heteroatoms. The van der Waals surface area contributed by atoms with E-state index in [0.29, 0.717) is 18.2 Å². The van der Waals surface area contributed by atoms with Crippen molar-refractivity contribution in [2.45, 2.75) is 12.6 Å². The van der Waals surface area contributed by atoms with Gasteiger partial charge in [-0.05, 0) is 0 Å². The topological polar surface area (TPSA) is 117 Å². The van der Waals surface area contributed by atoms with Crippen molar-refractivity contribution in [1.29, 1.82) is 0 Å². The highest BCUT2D eigenvalue weighted by Crippen LogP contribution is 2.30. The number of hydrogen-bond donors (Lipinski definition) is 3. The standard InChI is InChI=1S/C13H21N5O4/c1-3-4-18-12(21)10-11(15-13(18)14)17(7-16(10)2)8-22-9(5-19)6-20/h3,9,19-20H,1,4-8H2,2H3,(H2,14,15). The number of hydrogen-bond acceptors (Lipinski definition) is 8. The van der Waals surface area contributed by atoms with Crippen LogP contribution in [0, 0.1) is 0 Å². The number of nitrogens with zero attached hydrogens (tertiary/aromatic N) is 4. The third-order valence-corrected chi connectivity index (χ3v) is 3.41. The zero-order chi connectivity index (χ0) is 16.3. The number of nitrogens with two attached hydrogens (primary N) is 1. The second-order valence-electron chi connectivity index (χ2n) is 5.01. The number of allylic oxidation sites excluding steroid dienone is 1. The summed E-state index contributed by atoms with van der Waals surface area (Å²) in [6.07, 6.45) is 0.905. The van der Waals surface area contributed by atoms with Gasteiger partial charge in [0.1, 0.15) is 18.5 Å². The quantitative estimate of drug-likeness (QED) is 0.524. The minimum Gasteiger partial charge on any atom is -0.394 e. The van der Waals surface area contributed by atoms with Gasteiger partial charge in [-0.25, -0.2) is 0 Å². The van der Waals surface area contributed by atoms with E-state index < -0.39 is 6.10 Å². The third kappa shape index (κ3) is 2.91. The fourth-order valence-corrected chi connectivity index (χ4v) is 2.26. The lowest BCUT2D eigenvalue weighted by molar-refractivity contribution is -0.0188. The first kappa shape index (κ1) is 16.3. The molecule has 0 saturated heterocycles. The van der Waals surface area contributed by atoms with Crippen LogP contribution < -0.4 is 21.1 Å². The van der Waals surface area contributed by atoms with Gasteiger partial charge in [0.15, 0.2) is 5.82 Å². The molecule has 2 heterocycles. The van der Waals surface area contributed by atoms with Crippen molar-refractivity contribution < 1.29 is 14.9 Å². The van der Waals surface area contributed by atoms with Gasteiger partial charge < -0.3 is 30.5 Å². The molecular weight excluding hydrogens is 290 g/mol. The Morgan fingerprint density at radius 2 is 2.18 bits per heavy atom. The molecule has 0 aliphatic carbocycles. The van der Waals surface area contributed by atoms with Crippen LogP contribution in [0.3, 0.4) is 0 Å². The van der Waals surface area contributed by atoms with Gasteiger partial charge >= 0.3 is 0 Å². The number of anilines is 3. The van der Waals surface area contributed by atoms with Gasteiger partial charge in [-0.3, -0.25) is 9.36 Å². The van der Waals surface area contributed by atoms with Crippen molar-refractivity contribution in [1.82, 2.24) is 9.55 Å². The van der Waals surface area contributed by atoms with E-state index in [1.807, 2.05) is 0 Å².